The SMILES string of the molecule is O=C(O)CC1=C/C(=C\C2CCCCC2)c2ccc(F)cc21. The molecule has 1 N–H and O–H groups in total. The molecule has 3 rings (SSSR count). The Morgan fingerprint density at radius 1 is 1.24 bits per heavy atom. The molecular formula is C18H19FO2. The van der Waals surface area contributed by atoms with Crippen molar-refractivity contribution in [2.75, 3.05) is 0 Å². The fraction of sp³-hybridized carbons (Fsp3) is 0.389. The summed E-state index contributed by atoms with van der Waals surface area (Å²) in [4.78, 5) is 11.0. The van der Waals surface area contributed by atoms with Crippen molar-refractivity contribution < 1.29 is 14.3 Å². The maximum Gasteiger partial charge on any atom is 0.307 e. The van der Waals surface area contributed by atoms with Crippen molar-refractivity contribution in [3.63, 3.8) is 0 Å². The highest BCUT2D eigenvalue weighted by Gasteiger charge is 2.22. The van der Waals surface area contributed by atoms with E-state index in [4.69, 9.17) is 5.11 Å². The number of allylic oxidation sites excluding steroid dienone is 3. The Hall–Kier alpha value is -1.90. The van der Waals surface area contributed by atoms with Gasteiger partial charge in [0.15, 0.2) is 0 Å². The molecule has 0 atom stereocenters. The first-order valence-electron chi connectivity index (χ1n) is 7.58. The van der Waals surface area contributed by atoms with Crippen LogP contribution in [-0.2, 0) is 4.79 Å². The van der Waals surface area contributed by atoms with Gasteiger partial charge in [0, 0.05) is 0 Å². The molecule has 0 heterocycles. The number of aliphatic carboxylic acids is 1. The minimum absolute atomic E-state index is 0.0571. The Kier molecular flexibility index (Phi) is 3.91. The maximum atomic E-state index is 13.5. The first-order chi connectivity index (χ1) is 10.1. The third-order valence-corrected chi connectivity index (χ3v) is 4.38. The van der Waals surface area contributed by atoms with Crippen molar-refractivity contribution in [1.82, 2.24) is 0 Å². The van der Waals surface area contributed by atoms with Crippen LogP contribution < -0.4 is 0 Å². The van der Waals surface area contributed by atoms with Crippen molar-refractivity contribution in [2.24, 2.45) is 5.92 Å². The predicted octanol–water partition coefficient (Wildman–Crippen LogP) is 4.66. The molecule has 1 fully saturated rings. The van der Waals surface area contributed by atoms with Gasteiger partial charge in [0.1, 0.15) is 5.82 Å². The molecule has 0 amide bonds. The van der Waals surface area contributed by atoms with Crippen LogP contribution in [0.2, 0.25) is 0 Å². The highest BCUT2D eigenvalue weighted by Crippen LogP contribution is 2.39. The lowest BCUT2D eigenvalue weighted by Gasteiger charge is -2.18. The van der Waals surface area contributed by atoms with Crippen molar-refractivity contribution in [2.45, 2.75) is 38.5 Å². The zero-order valence-electron chi connectivity index (χ0n) is 11.9. The first-order valence-corrected chi connectivity index (χ1v) is 7.58. The van der Waals surface area contributed by atoms with Crippen LogP contribution in [0.1, 0.15) is 49.7 Å². The third kappa shape index (κ3) is 3.07. The van der Waals surface area contributed by atoms with Crippen LogP contribution in [0.4, 0.5) is 4.39 Å². The van der Waals surface area contributed by atoms with Crippen LogP contribution >= 0.6 is 0 Å². The van der Waals surface area contributed by atoms with Crippen LogP contribution in [0.5, 0.6) is 0 Å². The van der Waals surface area contributed by atoms with Gasteiger partial charge in [-0.3, -0.25) is 4.79 Å². The summed E-state index contributed by atoms with van der Waals surface area (Å²) in [5.74, 6) is -0.633. The van der Waals surface area contributed by atoms with E-state index in [-0.39, 0.29) is 12.2 Å². The fourth-order valence-electron chi connectivity index (χ4n) is 3.38. The summed E-state index contributed by atoms with van der Waals surface area (Å²) in [5, 5.41) is 9.02. The number of hydrogen-bond donors (Lipinski definition) is 1. The smallest absolute Gasteiger partial charge is 0.307 e. The Balaban J connectivity index is 1.96. The van der Waals surface area contributed by atoms with E-state index in [1.165, 1.54) is 44.2 Å². The van der Waals surface area contributed by atoms with Gasteiger partial charge in [-0.2, -0.15) is 0 Å². The van der Waals surface area contributed by atoms with E-state index in [0.717, 1.165) is 16.7 Å². The van der Waals surface area contributed by atoms with Crippen molar-refractivity contribution in [1.29, 1.82) is 0 Å². The Morgan fingerprint density at radius 3 is 2.71 bits per heavy atom. The Labute approximate surface area is 124 Å². The summed E-state index contributed by atoms with van der Waals surface area (Å²) in [6, 6.07) is 4.67. The minimum Gasteiger partial charge on any atom is -0.481 e. The topological polar surface area (TPSA) is 37.3 Å². The molecule has 0 bridgehead atoms. The molecule has 1 saturated carbocycles. The van der Waals surface area contributed by atoms with E-state index in [9.17, 15) is 9.18 Å². The highest BCUT2D eigenvalue weighted by atomic mass is 19.1. The van der Waals surface area contributed by atoms with Crippen LogP contribution in [-0.4, -0.2) is 11.1 Å². The summed E-state index contributed by atoms with van der Waals surface area (Å²) in [6.07, 6.45) is 10.3. The second-order valence-electron chi connectivity index (χ2n) is 5.95. The molecular weight excluding hydrogens is 267 g/mol. The first kappa shape index (κ1) is 14.1. The Morgan fingerprint density at radius 2 is 2.00 bits per heavy atom. The summed E-state index contributed by atoms with van der Waals surface area (Å²) < 4.78 is 13.5. The molecule has 3 heteroatoms. The molecule has 0 spiro atoms. The molecule has 1 aromatic carbocycles. The molecule has 21 heavy (non-hydrogen) atoms. The van der Waals surface area contributed by atoms with Gasteiger partial charge in [0.25, 0.3) is 0 Å². The molecule has 1 aromatic rings. The highest BCUT2D eigenvalue weighted by molar-refractivity contribution is 5.99. The molecule has 2 aliphatic rings. The molecule has 110 valence electrons. The summed E-state index contributed by atoms with van der Waals surface area (Å²) in [5.41, 5.74) is 3.48. The van der Waals surface area contributed by atoms with Crippen LogP contribution in [0.15, 0.2) is 30.4 Å². The number of benzene rings is 1. The minimum atomic E-state index is -0.879. The zero-order valence-corrected chi connectivity index (χ0v) is 11.9. The van der Waals surface area contributed by atoms with E-state index in [2.05, 4.69) is 6.08 Å². The second-order valence-corrected chi connectivity index (χ2v) is 5.95. The molecule has 0 aliphatic heterocycles. The number of hydrogen-bond acceptors (Lipinski definition) is 1. The molecule has 2 aliphatic carbocycles. The number of carbonyl (C=O) groups is 1. The predicted molar refractivity (Wildman–Crippen MR) is 81.2 cm³/mol. The Bertz CT molecular complexity index is 622. The number of carboxylic acid groups (broad SMARTS) is 1. The quantitative estimate of drug-likeness (QED) is 0.877. The van der Waals surface area contributed by atoms with E-state index in [1.807, 2.05) is 6.08 Å². The van der Waals surface area contributed by atoms with Crippen LogP contribution in [0.3, 0.4) is 0 Å². The van der Waals surface area contributed by atoms with Gasteiger partial charge < -0.3 is 5.11 Å². The van der Waals surface area contributed by atoms with Crippen molar-refractivity contribution in [3.05, 3.63) is 47.3 Å². The lowest BCUT2D eigenvalue weighted by atomic mass is 9.87. The molecule has 2 nitrogen and oxygen atoms in total. The maximum absolute atomic E-state index is 13.5. The number of rotatable bonds is 3. The summed E-state index contributed by atoms with van der Waals surface area (Å²) in [6.45, 7) is 0. The number of fused-ring (bicyclic) bond motifs is 1. The normalized spacial score (nSPS) is 20.4. The third-order valence-electron chi connectivity index (χ3n) is 4.38. The van der Waals surface area contributed by atoms with E-state index in [0.29, 0.717) is 11.5 Å². The largest absolute Gasteiger partial charge is 0.481 e. The average molecular weight is 286 g/mol. The average Bonchev–Trinajstić information content (AvgIpc) is 2.77. The fourth-order valence-corrected chi connectivity index (χ4v) is 3.38. The van der Waals surface area contributed by atoms with Gasteiger partial charge >= 0.3 is 5.97 Å². The lowest BCUT2D eigenvalue weighted by Crippen LogP contribution is -2.03. The standard InChI is InChI=1S/C18H19FO2/c19-15-6-7-16-13(8-12-4-2-1-3-5-12)9-14(10-18(20)21)17(16)11-15/h6-9,11-12H,1-5,10H2,(H,20,21)/b13-8+. The van der Waals surface area contributed by atoms with Crippen LogP contribution in [0, 0.1) is 11.7 Å². The monoisotopic (exact) mass is 286 g/mol. The van der Waals surface area contributed by atoms with E-state index < -0.39 is 5.97 Å². The van der Waals surface area contributed by atoms with Crippen molar-refractivity contribution >= 4 is 17.1 Å². The molecule has 0 radical (unpaired) electrons. The van der Waals surface area contributed by atoms with E-state index in [1.54, 1.807) is 6.07 Å². The number of carboxylic acids is 1. The van der Waals surface area contributed by atoms with Gasteiger partial charge in [-0.15, -0.1) is 0 Å². The second kappa shape index (κ2) is 5.84. The molecule has 0 aromatic heterocycles. The van der Waals surface area contributed by atoms with Crippen molar-refractivity contribution in [3.8, 4) is 0 Å². The van der Waals surface area contributed by atoms with Gasteiger partial charge in [-0.05, 0) is 53.2 Å². The summed E-state index contributed by atoms with van der Waals surface area (Å²) in [7, 11) is 0. The van der Waals surface area contributed by atoms with Gasteiger partial charge in [-0.1, -0.05) is 37.5 Å². The van der Waals surface area contributed by atoms with Gasteiger partial charge in [0.2, 0.25) is 0 Å². The van der Waals surface area contributed by atoms with E-state index >= 15 is 0 Å². The molecule has 0 unspecified atom stereocenters. The molecule has 0 saturated heterocycles. The number of halogens is 1. The van der Waals surface area contributed by atoms with Gasteiger partial charge in [-0.25, -0.2) is 4.39 Å². The zero-order chi connectivity index (χ0) is 14.8. The lowest BCUT2D eigenvalue weighted by molar-refractivity contribution is -0.135. The van der Waals surface area contributed by atoms with Crippen LogP contribution in [0.25, 0.3) is 11.1 Å². The summed E-state index contributed by atoms with van der Waals surface area (Å²) >= 11 is 0. The van der Waals surface area contributed by atoms with Gasteiger partial charge in [0.05, 0.1) is 6.42 Å².